The molecule has 4 aliphatic rings. The van der Waals surface area contributed by atoms with Crippen LogP contribution in [0, 0.1) is 11.8 Å². The number of fused-ring (bicyclic) bond motifs is 3. The van der Waals surface area contributed by atoms with Crippen LogP contribution >= 0.6 is 12.4 Å². The summed E-state index contributed by atoms with van der Waals surface area (Å²) in [5.74, 6) is 0.593. The van der Waals surface area contributed by atoms with Gasteiger partial charge in [-0.2, -0.15) is 0 Å². The Bertz CT molecular complexity index is 695. The van der Waals surface area contributed by atoms with E-state index >= 15 is 0 Å². The van der Waals surface area contributed by atoms with E-state index in [0.717, 1.165) is 31.1 Å². The van der Waals surface area contributed by atoms with Crippen LogP contribution in [0.4, 0.5) is 0 Å². The average molecular weight is 423 g/mol. The Kier molecular flexibility index (Phi) is 7.41. The van der Waals surface area contributed by atoms with Crippen LogP contribution in [0.2, 0.25) is 0 Å². The van der Waals surface area contributed by atoms with Crippen molar-refractivity contribution in [2.75, 3.05) is 19.7 Å². The molecule has 4 fully saturated rings. The molecule has 1 aliphatic carbocycles. The molecule has 0 radical (unpaired) electrons. The van der Waals surface area contributed by atoms with Crippen molar-refractivity contribution >= 4 is 24.3 Å². The fourth-order valence-electron chi connectivity index (χ4n) is 4.91. The summed E-state index contributed by atoms with van der Waals surface area (Å²) < 4.78 is 5.99. The van der Waals surface area contributed by atoms with Gasteiger partial charge in [0, 0.05) is 17.6 Å². The minimum Gasteiger partial charge on any atom is -0.492 e. The van der Waals surface area contributed by atoms with Gasteiger partial charge in [-0.15, -0.1) is 12.4 Å². The van der Waals surface area contributed by atoms with Crippen molar-refractivity contribution in [3.63, 3.8) is 0 Å². The van der Waals surface area contributed by atoms with E-state index in [0.29, 0.717) is 24.4 Å². The van der Waals surface area contributed by atoms with Gasteiger partial charge in [0.1, 0.15) is 12.4 Å². The number of piperidine rings is 3. The summed E-state index contributed by atoms with van der Waals surface area (Å²) >= 11 is 0. The Hall–Kier alpha value is -1.79. The zero-order valence-corrected chi connectivity index (χ0v) is 17.5. The molecule has 2 N–H and O–H groups in total. The maximum atomic E-state index is 12.5. The summed E-state index contributed by atoms with van der Waals surface area (Å²) in [7, 11) is 0. The molecule has 5 rings (SSSR count). The normalized spacial score (nSPS) is 30.8. The van der Waals surface area contributed by atoms with Crippen molar-refractivity contribution < 1.29 is 19.4 Å². The molecule has 1 aromatic carbocycles. The van der Waals surface area contributed by atoms with E-state index in [9.17, 15) is 9.59 Å². The maximum Gasteiger partial charge on any atom is 0.306 e. The van der Waals surface area contributed by atoms with Crippen molar-refractivity contribution in [3.05, 3.63) is 29.8 Å². The number of benzene rings is 1. The lowest BCUT2D eigenvalue weighted by Crippen LogP contribution is -2.51. The van der Waals surface area contributed by atoms with Gasteiger partial charge < -0.3 is 15.2 Å². The van der Waals surface area contributed by atoms with Crippen LogP contribution < -0.4 is 10.1 Å². The van der Waals surface area contributed by atoms with Gasteiger partial charge in [-0.1, -0.05) is 0 Å². The minimum atomic E-state index is -0.724. The zero-order valence-electron chi connectivity index (χ0n) is 16.7. The van der Waals surface area contributed by atoms with Crippen molar-refractivity contribution in [3.8, 4) is 5.75 Å². The predicted molar refractivity (Wildman–Crippen MR) is 113 cm³/mol. The summed E-state index contributed by atoms with van der Waals surface area (Å²) in [4.78, 5) is 26.0. The molecule has 3 saturated heterocycles. The van der Waals surface area contributed by atoms with Crippen LogP contribution in [-0.2, 0) is 4.79 Å². The fourth-order valence-corrected chi connectivity index (χ4v) is 4.91. The van der Waals surface area contributed by atoms with E-state index in [4.69, 9.17) is 9.84 Å². The molecule has 160 valence electrons. The summed E-state index contributed by atoms with van der Waals surface area (Å²) in [5.41, 5.74) is 0.619. The summed E-state index contributed by atoms with van der Waals surface area (Å²) in [6.07, 6.45) is 6.62. The molecular formula is C22H31ClN2O4. The first-order chi connectivity index (χ1) is 13.6. The quantitative estimate of drug-likeness (QED) is 0.735. The number of carbonyl (C=O) groups excluding carboxylic acids is 1. The Balaban J connectivity index is 0.00000240. The van der Waals surface area contributed by atoms with E-state index in [1.165, 1.54) is 32.4 Å². The summed E-state index contributed by atoms with van der Waals surface area (Å²) in [5, 5.41) is 12.1. The number of aliphatic carboxylic acids is 1. The van der Waals surface area contributed by atoms with Gasteiger partial charge in [0.15, 0.2) is 0 Å². The lowest BCUT2D eigenvalue weighted by molar-refractivity contribution is -0.142. The molecule has 2 bridgehead atoms. The molecule has 0 spiro atoms. The highest BCUT2D eigenvalue weighted by Crippen LogP contribution is 2.32. The third-order valence-electron chi connectivity index (χ3n) is 6.74. The molecule has 1 saturated carbocycles. The number of nitrogens with zero attached hydrogens (tertiary/aromatic N) is 1. The average Bonchev–Trinajstić information content (AvgIpc) is 2.74. The van der Waals surface area contributed by atoms with E-state index < -0.39 is 5.97 Å². The van der Waals surface area contributed by atoms with Crippen molar-refractivity contribution in [2.45, 2.75) is 57.0 Å². The number of halogens is 1. The zero-order chi connectivity index (χ0) is 19.5. The number of nitrogens with one attached hydrogen (secondary N) is 1. The first kappa shape index (κ1) is 21.9. The van der Waals surface area contributed by atoms with Crippen molar-refractivity contribution in [1.29, 1.82) is 0 Å². The number of carbonyl (C=O) groups is 2. The Morgan fingerprint density at radius 2 is 1.69 bits per heavy atom. The molecular weight excluding hydrogens is 392 g/mol. The molecule has 1 unspecified atom stereocenters. The van der Waals surface area contributed by atoms with Crippen LogP contribution in [0.3, 0.4) is 0 Å². The topological polar surface area (TPSA) is 78.9 Å². The van der Waals surface area contributed by atoms with E-state index in [2.05, 4.69) is 10.2 Å². The molecule has 1 amide bonds. The number of hydrogen-bond acceptors (Lipinski definition) is 4. The highest BCUT2D eigenvalue weighted by molar-refractivity contribution is 5.94. The van der Waals surface area contributed by atoms with Gasteiger partial charge in [-0.25, -0.2) is 0 Å². The number of amides is 1. The molecule has 3 heterocycles. The number of ether oxygens (including phenoxy) is 1. The highest BCUT2D eigenvalue weighted by atomic mass is 35.5. The molecule has 7 heteroatoms. The number of carboxylic acids is 1. The fraction of sp³-hybridized carbons (Fsp3) is 0.636. The van der Waals surface area contributed by atoms with E-state index in [-0.39, 0.29) is 30.3 Å². The number of carboxylic acid groups (broad SMARTS) is 1. The molecule has 1 aromatic rings. The Morgan fingerprint density at radius 1 is 1.03 bits per heavy atom. The smallest absolute Gasteiger partial charge is 0.306 e. The van der Waals surface area contributed by atoms with Gasteiger partial charge in [0.05, 0.1) is 5.92 Å². The highest BCUT2D eigenvalue weighted by Gasteiger charge is 2.33. The number of rotatable bonds is 6. The Morgan fingerprint density at radius 3 is 2.24 bits per heavy atom. The first-order valence-corrected chi connectivity index (χ1v) is 10.6. The first-order valence-electron chi connectivity index (χ1n) is 10.6. The summed E-state index contributed by atoms with van der Waals surface area (Å²) in [6.45, 7) is 3.12. The van der Waals surface area contributed by atoms with Crippen LogP contribution in [0.5, 0.6) is 5.75 Å². The molecule has 29 heavy (non-hydrogen) atoms. The summed E-state index contributed by atoms with van der Waals surface area (Å²) in [6, 6.07) is 7.94. The van der Waals surface area contributed by atoms with Gasteiger partial charge in [0.2, 0.25) is 0 Å². The standard InChI is InChI=1S/C22H30N2O4.ClH/c25-21(23-18-5-1-17(2-6-18)22(26)27)16-3-7-20(8-4-16)28-14-19-13-15-9-11-24(19)12-10-15;/h3-4,7-8,15,17-19H,1-2,5-6,9-14H2,(H,23,25)(H,26,27);1H. The molecule has 6 nitrogen and oxygen atoms in total. The molecule has 1 atom stereocenters. The van der Waals surface area contributed by atoms with Crippen LogP contribution in [0.15, 0.2) is 24.3 Å². The monoisotopic (exact) mass is 422 g/mol. The molecule has 3 aliphatic heterocycles. The minimum absolute atomic E-state index is 0. The maximum absolute atomic E-state index is 12.5. The third kappa shape index (κ3) is 5.43. The second-order valence-corrected chi connectivity index (χ2v) is 8.56. The van der Waals surface area contributed by atoms with Crippen molar-refractivity contribution in [1.82, 2.24) is 10.2 Å². The number of hydrogen-bond donors (Lipinski definition) is 2. The van der Waals surface area contributed by atoms with E-state index in [1.54, 1.807) is 12.1 Å². The largest absolute Gasteiger partial charge is 0.492 e. The second-order valence-electron chi connectivity index (χ2n) is 8.56. The third-order valence-corrected chi connectivity index (χ3v) is 6.74. The van der Waals surface area contributed by atoms with Gasteiger partial charge >= 0.3 is 5.97 Å². The van der Waals surface area contributed by atoms with E-state index in [1.807, 2.05) is 12.1 Å². The van der Waals surface area contributed by atoms with Gasteiger partial charge in [-0.3, -0.25) is 14.5 Å². The predicted octanol–water partition coefficient (Wildman–Crippen LogP) is 3.34. The lowest BCUT2D eigenvalue weighted by Gasteiger charge is -2.45. The van der Waals surface area contributed by atoms with Crippen LogP contribution in [0.25, 0.3) is 0 Å². The Labute approximate surface area is 178 Å². The lowest BCUT2D eigenvalue weighted by atomic mass is 9.83. The SMILES string of the molecule is Cl.O=C(NC1CCC(C(=O)O)CC1)c1ccc(OCC2CC3CCN2CC3)cc1. The van der Waals surface area contributed by atoms with Gasteiger partial charge in [-0.05, 0) is 88.2 Å². The van der Waals surface area contributed by atoms with Gasteiger partial charge in [0.25, 0.3) is 5.91 Å². The molecule has 0 aromatic heterocycles. The second kappa shape index (κ2) is 9.81. The van der Waals surface area contributed by atoms with Crippen molar-refractivity contribution in [2.24, 2.45) is 11.8 Å². The van der Waals surface area contributed by atoms with Crippen LogP contribution in [0.1, 0.15) is 55.3 Å². The van der Waals surface area contributed by atoms with Crippen LogP contribution in [-0.4, -0.2) is 53.7 Å².